The van der Waals surface area contributed by atoms with Crippen molar-refractivity contribution in [3.8, 4) is 0 Å². The normalized spacial score (nSPS) is 11.7. The fraction of sp³-hybridized carbons (Fsp3) is 0.333. The zero-order chi connectivity index (χ0) is 16.7. The Hall–Kier alpha value is -1.93. The zero-order valence-corrected chi connectivity index (χ0v) is 14.5. The van der Waals surface area contributed by atoms with Crippen molar-refractivity contribution >= 4 is 40.6 Å². The summed E-state index contributed by atoms with van der Waals surface area (Å²) in [6.45, 7) is 3.97. The summed E-state index contributed by atoms with van der Waals surface area (Å²) >= 11 is 2.45. The first-order valence-electron chi connectivity index (χ1n) is 7.20. The van der Waals surface area contributed by atoms with Crippen molar-refractivity contribution in [2.75, 3.05) is 11.1 Å². The number of hydrogen-bond acceptors (Lipinski definition) is 6. The molecule has 23 heavy (non-hydrogen) atoms. The summed E-state index contributed by atoms with van der Waals surface area (Å²) in [4.78, 5) is 23.8. The Labute approximate surface area is 143 Å². The predicted molar refractivity (Wildman–Crippen MR) is 92.9 cm³/mol. The second-order valence-corrected chi connectivity index (χ2v) is 7.06. The highest BCUT2D eigenvalue weighted by atomic mass is 32.2. The van der Waals surface area contributed by atoms with Crippen LogP contribution in [-0.4, -0.2) is 33.8 Å². The van der Waals surface area contributed by atoms with Gasteiger partial charge in [-0.3, -0.25) is 9.59 Å². The fourth-order valence-electron chi connectivity index (χ4n) is 1.61. The summed E-state index contributed by atoms with van der Waals surface area (Å²) in [5.41, 5.74) is 0.704. The maximum Gasteiger partial charge on any atom is 0.286 e. The number of benzene rings is 1. The molecule has 6 nitrogen and oxygen atoms in total. The SMILES string of the molecule is CCC(C)NC(=O)CSc1nnc(C(=O)Nc2ccccc2)s1. The molecule has 0 radical (unpaired) electrons. The fourth-order valence-corrected chi connectivity index (χ4v) is 3.17. The van der Waals surface area contributed by atoms with Crippen LogP contribution in [0.25, 0.3) is 0 Å². The summed E-state index contributed by atoms with van der Waals surface area (Å²) in [6.07, 6.45) is 0.888. The van der Waals surface area contributed by atoms with E-state index in [0.717, 1.165) is 6.42 Å². The molecular weight excluding hydrogens is 332 g/mol. The molecule has 0 aliphatic carbocycles. The van der Waals surface area contributed by atoms with Crippen LogP contribution in [0, 0.1) is 0 Å². The van der Waals surface area contributed by atoms with E-state index >= 15 is 0 Å². The minimum Gasteiger partial charge on any atom is -0.353 e. The summed E-state index contributed by atoms with van der Waals surface area (Å²) < 4.78 is 0.600. The highest BCUT2D eigenvalue weighted by molar-refractivity contribution is 8.01. The lowest BCUT2D eigenvalue weighted by Gasteiger charge is -2.09. The van der Waals surface area contributed by atoms with Gasteiger partial charge < -0.3 is 10.6 Å². The zero-order valence-electron chi connectivity index (χ0n) is 12.9. The minimum atomic E-state index is -0.301. The van der Waals surface area contributed by atoms with E-state index in [1.165, 1.54) is 23.1 Å². The molecule has 0 spiro atoms. The molecular formula is C15H18N4O2S2. The van der Waals surface area contributed by atoms with Crippen LogP contribution in [-0.2, 0) is 4.79 Å². The first-order chi connectivity index (χ1) is 11.1. The van der Waals surface area contributed by atoms with Gasteiger partial charge in [-0.25, -0.2) is 0 Å². The molecule has 122 valence electrons. The predicted octanol–water partition coefficient (Wildman–Crippen LogP) is 2.80. The van der Waals surface area contributed by atoms with Gasteiger partial charge in [-0.05, 0) is 25.5 Å². The summed E-state index contributed by atoms with van der Waals surface area (Å²) in [5.74, 6) is -0.0846. The number of nitrogens with one attached hydrogen (secondary N) is 2. The quantitative estimate of drug-likeness (QED) is 0.750. The Morgan fingerprint density at radius 2 is 2.00 bits per heavy atom. The monoisotopic (exact) mass is 350 g/mol. The largest absolute Gasteiger partial charge is 0.353 e. The number of amides is 2. The molecule has 8 heteroatoms. The highest BCUT2D eigenvalue weighted by Gasteiger charge is 2.14. The first-order valence-corrected chi connectivity index (χ1v) is 9.00. The second-order valence-electron chi connectivity index (χ2n) is 4.86. The number of rotatable bonds is 7. The van der Waals surface area contributed by atoms with Crippen molar-refractivity contribution in [1.82, 2.24) is 15.5 Å². The number of carbonyl (C=O) groups excluding carboxylic acids is 2. The molecule has 1 aromatic heterocycles. The third-order valence-electron chi connectivity index (χ3n) is 2.98. The van der Waals surface area contributed by atoms with Crippen LogP contribution in [0.5, 0.6) is 0 Å². The first kappa shape index (κ1) is 17.4. The number of nitrogens with zero attached hydrogens (tertiary/aromatic N) is 2. The molecule has 1 heterocycles. The van der Waals surface area contributed by atoms with Crippen molar-refractivity contribution < 1.29 is 9.59 Å². The van der Waals surface area contributed by atoms with Gasteiger partial charge in [-0.1, -0.05) is 48.2 Å². The maximum atomic E-state index is 12.1. The van der Waals surface area contributed by atoms with E-state index in [4.69, 9.17) is 0 Å². The molecule has 0 aliphatic heterocycles. The molecule has 0 bridgehead atoms. The van der Waals surface area contributed by atoms with Crippen molar-refractivity contribution in [3.63, 3.8) is 0 Å². The van der Waals surface area contributed by atoms with Crippen molar-refractivity contribution in [3.05, 3.63) is 35.3 Å². The second kappa shape index (κ2) is 8.64. The lowest BCUT2D eigenvalue weighted by atomic mass is 10.3. The van der Waals surface area contributed by atoms with Gasteiger partial charge >= 0.3 is 0 Å². The van der Waals surface area contributed by atoms with Gasteiger partial charge in [0, 0.05) is 11.7 Å². The number of para-hydroxylation sites is 1. The molecule has 2 N–H and O–H groups in total. The molecule has 1 unspecified atom stereocenters. The van der Waals surface area contributed by atoms with E-state index in [0.29, 0.717) is 10.0 Å². The molecule has 1 atom stereocenters. The smallest absolute Gasteiger partial charge is 0.286 e. The summed E-state index contributed by atoms with van der Waals surface area (Å²) in [5, 5.41) is 13.7. The Morgan fingerprint density at radius 1 is 1.26 bits per heavy atom. The molecule has 0 saturated heterocycles. The van der Waals surface area contributed by atoms with Crippen LogP contribution in [0.4, 0.5) is 5.69 Å². The molecule has 2 aromatic rings. The number of anilines is 1. The number of carbonyl (C=O) groups is 2. The number of hydrogen-bond donors (Lipinski definition) is 2. The molecule has 2 amide bonds. The average molecular weight is 350 g/mol. The topological polar surface area (TPSA) is 84.0 Å². The maximum absolute atomic E-state index is 12.1. The number of aromatic nitrogens is 2. The van der Waals surface area contributed by atoms with Gasteiger partial charge in [0.25, 0.3) is 5.91 Å². The van der Waals surface area contributed by atoms with Gasteiger partial charge in [-0.15, -0.1) is 10.2 Å². The van der Waals surface area contributed by atoms with Gasteiger partial charge in [0.1, 0.15) is 0 Å². The van der Waals surface area contributed by atoms with E-state index in [-0.39, 0.29) is 28.6 Å². The minimum absolute atomic E-state index is 0.0464. The third kappa shape index (κ3) is 5.65. The molecule has 0 aliphatic rings. The molecule has 0 saturated carbocycles. The van der Waals surface area contributed by atoms with E-state index in [9.17, 15) is 9.59 Å². The Balaban J connectivity index is 1.85. The average Bonchev–Trinajstić information content (AvgIpc) is 3.03. The Kier molecular flexibility index (Phi) is 6.54. The van der Waals surface area contributed by atoms with Crippen LogP contribution in [0.3, 0.4) is 0 Å². The standard InChI is InChI=1S/C15H18N4O2S2/c1-3-10(2)16-12(20)9-22-15-19-18-14(23-15)13(21)17-11-7-5-4-6-8-11/h4-8,10H,3,9H2,1-2H3,(H,16,20)(H,17,21). The van der Waals surface area contributed by atoms with Crippen LogP contribution in [0.15, 0.2) is 34.7 Å². The summed E-state index contributed by atoms with van der Waals surface area (Å²) in [7, 11) is 0. The van der Waals surface area contributed by atoms with Crippen LogP contribution >= 0.6 is 23.1 Å². The third-order valence-corrected chi connectivity index (χ3v) is 5.03. The summed E-state index contributed by atoms with van der Waals surface area (Å²) in [6, 6.07) is 9.31. The molecule has 2 rings (SSSR count). The lowest BCUT2D eigenvalue weighted by molar-refractivity contribution is -0.119. The van der Waals surface area contributed by atoms with E-state index < -0.39 is 0 Å². The number of thioether (sulfide) groups is 1. The Morgan fingerprint density at radius 3 is 2.70 bits per heavy atom. The van der Waals surface area contributed by atoms with Crippen LogP contribution in [0.1, 0.15) is 30.1 Å². The van der Waals surface area contributed by atoms with E-state index in [2.05, 4.69) is 20.8 Å². The molecule has 0 fully saturated rings. The van der Waals surface area contributed by atoms with Crippen molar-refractivity contribution in [2.24, 2.45) is 0 Å². The van der Waals surface area contributed by atoms with Crippen molar-refractivity contribution in [1.29, 1.82) is 0 Å². The van der Waals surface area contributed by atoms with Gasteiger partial charge in [-0.2, -0.15) is 0 Å². The highest BCUT2D eigenvalue weighted by Crippen LogP contribution is 2.22. The van der Waals surface area contributed by atoms with E-state index in [1.807, 2.05) is 32.0 Å². The Bertz CT molecular complexity index is 661. The van der Waals surface area contributed by atoms with Crippen molar-refractivity contribution in [2.45, 2.75) is 30.6 Å². The lowest BCUT2D eigenvalue weighted by Crippen LogP contribution is -2.33. The van der Waals surface area contributed by atoms with Gasteiger partial charge in [0.05, 0.1) is 5.75 Å². The van der Waals surface area contributed by atoms with Gasteiger partial charge in [0.2, 0.25) is 10.9 Å². The molecule has 1 aromatic carbocycles. The van der Waals surface area contributed by atoms with E-state index in [1.54, 1.807) is 12.1 Å². The van der Waals surface area contributed by atoms with Gasteiger partial charge in [0.15, 0.2) is 4.34 Å². The van der Waals surface area contributed by atoms with Crippen LogP contribution < -0.4 is 10.6 Å². The van der Waals surface area contributed by atoms with Crippen LogP contribution in [0.2, 0.25) is 0 Å².